The molecule has 3 heteroatoms. The Morgan fingerprint density at radius 3 is 2.47 bits per heavy atom. The van der Waals surface area contributed by atoms with Crippen molar-refractivity contribution in [3.63, 3.8) is 0 Å². The van der Waals surface area contributed by atoms with Crippen LogP contribution < -0.4 is 10.1 Å². The average Bonchev–Trinajstić information content (AvgIpc) is 2.32. The average molecular weight is 237 g/mol. The molecule has 1 aromatic rings. The highest BCUT2D eigenvalue weighted by atomic mass is 16.5. The van der Waals surface area contributed by atoms with Crippen LogP contribution in [-0.4, -0.2) is 25.4 Å². The summed E-state index contributed by atoms with van der Waals surface area (Å²) in [5, 5.41) is 12.2. The van der Waals surface area contributed by atoms with Gasteiger partial charge >= 0.3 is 0 Å². The zero-order valence-corrected chi connectivity index (χ0v) is 11.3. The van der Waals surface area contributed by atoms with E-state index < -0.39 is 0 Å². The van der Waals surface area contributed by atoms with E-state index in [4.69, 9.17) is 9.84 Å². The molecule has 0 aliphatic rings. The second-order valence-electron chi connectivity index (χ2n) is 4.38. The molecule has 0 saturated heterocycles. The Morgan fingerprint density at radius 1 is 1.18 bits per heavy atom. The molecule has 0 bridgehead atoms. The highest BCUT2D eigenvalue weighted by molar-refractivity contribution is 5.63. The summed E-state index contributed by atoms with van der Waals surface area (Å²) in [6.45, 7) is 7.43. The zero-order chi connectivity index (χ0) is 12.8. The molecule has 0 aliphatic carbocycles. The molecule has 1 rings (SSSR count). The van der Waals surface area contributed by atoms with Gasteiger partial charge in [-0.1, -0.05) is 0 Å². The second kappa shape index (κ2) is 6.50. The molecule has 1 aromatic carbocycles. The van der Waals surface area contributed by atoms with Crippen molar-refractivity contribution >= 4 is 5.69 Å². The van der Waals surface area contributed by atoms with E-state index in [1.165, 1.54) is 22.4 Å². The molecular weight excluding hydrogens is 214 g/mol. The van der Waals surface area contributed by atoms with Gasteiger partial charge in [0.15, 0.2) is 0 Å². The summed E-state index contributed by atoms with van der Waals surface area (Å²) in [5.41, 5.74) is 4.82. The predicted molar refractivity (Wildman–Crippen MR) is 72.0 cm³/mol. The van der Waals surface area contributed by atoms with Gasteiger partial charge in [-0.2, -0.15) is 0 Å². The Balaban J connectivity index is 2.81. The van der Waals surface area contributed by atoms with Crippen LogP contribution in [0.1, 0.15) is 29.5 Å². The maximum absolute atomic E-state index is 8.74. The van der Waals surface area contributed by atoms with Crippen molar-refractivity contribution in [2.24, 2.45) is 0 Å². The van der Waals surface area contributed by atoms with Gasteiger partial charge in [-0.15, -0.1) is 0 Å². The number of nitrogens with one attached hydrogen (secondary N) is 1. The molecule has 17 heavy (non-hydrogen) atoms. The molecule has 0 saturated carbocycles. The van der Waals surface area contributed by atoms with Crippen LogP contribution in [0.5, 0.6) is 5.75 Å². The zero-order valence-electron chi connectivity index (χ0n) is 11.3. The summed E-state index contributed by atoms with van der Waals surface area (Å²) in [6.07, 6.45) is 1.83. The summed E-state index contributed by atoms with van der Waals surface area (Å²) in [4.78, 5) is 0. The topological polar surface area (TPSA) is 41.5 Å². The van der Waals surface area contributed by atoms with E-state index in [1.807, 2.05) is 0 Å². The number of hydrogen-bond donors (Lipinski definition) is 2. The first-order valence-electron chi connectivity index (χ1n) is 6.11. The first-order valence-corrected chi connectivity index (χ1v) is 6.11. The monoisotopic (exact) mass is 237 g/mol. The third-order valence-electron chi connectivity index (χ3n) is 3.16. The van der Waals surface area contributed by atoms with Crippen molar-refractivity contribution < 1.29 is 9.84 Å². The van der Waals surface area contributed by atoms with E-state index in [-0.39, 0.29) is 6.61 Å². The van der Waals surface area contributed by atoms with Crippen LogP contribution in [0, 0.1) is 20.8 Å². The fraction of sp³-hybridized carbons (Fsp3) is 0.571. The second-order valence-corrected chi connectivity index (χ2v) is 4.38. The Kier molecular flexibility index (Phi) is 5.29. The molecule has 0 radical (unpaired) electrons. The largest absolute Gasteiger partial charge is 0.496 e. The number of rotatable bonds is 6. The highest BCUT2D eigenvalue weighted by Gasteiger charge is 2.09. The molecule has 0 spiro atoms. The summed E-state index contributed by atoms with van der Waals surface area (Å²) in [6, 6.07) is 2.07. The van der Waals surface area contributed by atoms with Crippen LogP contribution in [0.25, 0.3) is 0 Å². The van der Waals surface area contributed by atoms with Crippen LogP contribution in [0.4, 0.5) is 5.69 Å². The van der Waals surface area contributed by atoms with Crippen LogP contribution >= 0.6 is 0 Å². The molecule has 0 aliphatic heterocycles. The Bertz CT molecular complexity index is 375. The van der Waals surface area contributed by atoms with Gasteiger partial charge in [-0.3, -0.25) is 0 Å². The maximum Gasteiger partial charge on any atom is 0.122 e. The van der Waals surface area contributed by atoms with Crippen LogP contribution in [0.3, 0.4) is 0 Å². The van der Waals surface area contributed by atoms with Gasteiger partial charge in [-0.25, -0.2) is 0 Å². The van der Waals surface area contributed by atoms with Gasteiger partial charge in [0.25, 0.3) is 0 Å². The highest BCUT2D eigenvalue weighted by Crippen LogP contribution is 2.30. The van der Waals surface area contributed by atoms with E-state index >= 15 is 0 Å². The minimum atomic E-state index is 0.265. The van der Waals surface area contributed by atoms with Crippen LogP contribution in [0.2, 0.25) is 0 Å². The van der Waals surface area contributed by atoms with Gasteiger partial charge in [0.1, 0.15) is 5.75 Å². The van der Waals surface area contributed by atoms with Gasteiger partial charge in [0.05, 0.1) is 7.11 Å². The van der Waals surface area contributed by atoms with E-state index in [1.54, 1.807) is 7.11 Å². The lowest BCUT2D eigenvalue weighted by Gasteiger charge is -2.17. The van der Waals surface area contributed by atoms with Crippen molar-refractivity contribution in [3.8, 4) is 5.75 Å². The summed E-state index contributed by atoms with van der Waals surface area (Å²) in [5.74, 6) is 0.945. The number of methoxy groups -OCH3 is 1. The number of benzene rings is 1. The SMILES string of the molecule is COc1cc(C)c(NCCCCO)c(C)c1C. The lowest BCUT2D eigenvalue weighted by Crippen LogP contribution is -2.07. The van der Waals surface area contributed by atoms with Crippen molar-refractivity contribution in [1.29, 1.82) is 0 Å². The molecular formula is C14H23NO2. The first kappa shape index (κ1) is 13.8. The minimum Gasteiger partial charge on any atom is -0.496 e. The smallest absolute Gasteiger partial charge is 0.122 e. The molecule has 0 heterocycles. The van der Waals surface area contributed by atoms with Crippen LogP contribution in [-0.2, 0) is 0 Å². The fourth-order valence-electron chi connectivity index (χ4n) is 1.98. The lowest BCUT2D eigenvalue weighted by atomic mass is 10.0. The molecule has 0 amide bonds. The Labute approximate surface area is 104 Å². The van der Waals surface area contributed by atoms with Gasteiger partial charge in [-0.05, 0) is 56.4 Å². The first-order chi connectivity index (χ1) is 8.11. The van der Waals surface area contributed by atoms with Crippen LogP contribution in [0.15, 0.2) is 6.07 Å². The quantitative estimate of drug-likeness (QED) is 0.748. The molecule has 0 atom stereocenters. The van der Waals surface area contributed by atoms with E-state index in [0.29, 0.717) is 0 Å². The summed E-state index contributed by atoms with van der Waals surface area (Å²) in [7, 11) is 1.70. The Morgan fingerprint density at radius 2 is 1.88 bits per heavy atom. The standard InChI is InChI=1S/C14H23NO2/c1-10-9-13(17-4)11(2)12(3)14(10)15-7-5-6-8-16/h9,15-16H,5-8H2,1-4H3. The number of ether oxygens (including phenoxy) is 1. The molecule has 3 nitrogen and oxygen atoms in total. The number of anilines is 1. The van der Waals surface area contributed by atoms with Gasteiger partial charge in [0, 0.05) is 18.8 Å². The summed E-state index contributed by atoms with van der Waals surface area (Å²) < 4.78 is 5.34. The normalized spacial score (nSPS) is 10.4. The fourth-order valence-corrected chi connectivity index (χ4v) is 1.98. The molecule has 2 N–H and O–H groups in total. The van der Waals surface area contributed by atoms with Gasteiger partial charge < -0.3 is 15.2 Å². The molecule has 0 aromatic heterocycles. The number of aliphatic hydroxyl groups is 1. The van der Waals surface area contributed by atoms with E-state index in [9.17, 15) is 0 Å². The van der Waals surface area contributed by atoms with Crippen molar-refractivity contribution in [1.82, 2.24) is 0 Å². The summed E-state index contributed by atoms with van der Waals surface area (Å²) >= 11 is 0. The van der Waals surface area contributed by atoms with E-state index in [2.05, 4.69) is 32.2 Å². The Hall–Kier alpha value is -1.22. The van der Waals surface area contributed by atoms with E-state index in [0.717, 1.165) is 25.1 Å². The third-order valence-corrected chi connectivity index (χ3v) is 3.16. The van der Waals surface area contributed by atoms with Crippen molar-refractivity contribution in [3.05, 3.63) is 22.8 Å². The van der Waals surface area contributed by atoms with Crippen molar-refractivity contribution in [2.75, 3.05) is 25.6 Å². The third kappa shape index (κ3) is 3.37. The number of aliphatic hydroxyl groups excluding tert-OH is 1. The maximum atomic E-state index is 8.74. The van der Waals surface area contributed by atoms with Crippen molar-refractivity contribution in [2.45, 2.75) is 33.6 Å². The molecule has 0 fully saturated rings. The number of unbranched alkanes of at least 4 members (excludes halogenated alkanes) is 1. The lowest BCUT2D eigenvalue weighted by molar-refractivity contribution is 0.286. The molecule has 0 unspecified atom stereocenters. The van der Waals surface area contributed by atoms with Gasteiger partial charge in [0.2, 0.25) is 0 Å². The number of hydrogen-bond acceptors (Lipinski definition) is 3. The molecule has 96 valence electrons. The predicted octanol–water partition coefficient (Wildman–Crippen LogP) is 2.80. The number of aryl methyl sites for hydroxylation is 1. The minimum absolute atomic E-state index is 0.265.